The molecule has 1 N–H and O–H groups in total. The minimum Gasteiger partial charge on any atom is -0.325 e. The van der Waals surface area contributed by atoms with E-state index in [0.29, 0.717) is 12.1 Å². The summed E-state index contributed by atoms with van der Waals surface area (Å²) in [7, 11) is 0. The van der Waals surface area contributed by atoms with E-state index in [1.54, 1.807) is 18.5 Å². The van der Waals surface area contributed by atoms with Crippen LogP contribution in [-0.4, -0.2) is 20.7 Å². The second kappa shape index (κ2) is 5.65. The maximum Gasteiger partial charge on any atom is 0.226 e. The summed E-state index contributed by atoms with van der Waals surface area (Å²) in [5.41, 5.74) is 2.75. The first-order valence-corrected chi connectivity index (χ1v) is 6.29. The van der Waals surface area contributed by atoms with Crippen LogP contribution in [0.3, 0.4) is 0 Å². The van der Waals surface area contributed by atoms with Gasteiger partial charge in [-0.05, 0) is 39.0 Å². The molecule has 100 valence electrons. The molecule has 2 rings (SSSR count). The van der Waals surface area contributed by atoms with Gasteiger partial charge in [0.25, 0.3) is 0 Å². The molecule has 0 fully saturated rings. The number of aryl methyl sites for hydroxylation is 2. The Hall–Kier alpha value is -2.17. The molecule has 0 unspecified atom stereocenters. The van der Waals surface area contributed by atoms with Crippen LogP contribution >= 0.6 is 0 Å². The summed E-state index contributed by atoms with van der Waals surface area (Å²) in [5, 5.41) is 7.22. The number of anilines is 1. The van der Waals surface area contributed by atoms with Crippen molar-refractivity contribution in [3.05, 3.63) is 42.0 Å². The Morgan fingerprint density at radius 3 is 2.84 bits per heavy atom. The lowest BCUT2D eigenvalue weighted by Crippen LogP contribution is -2.19. The van der Waals surface area contributed by atoms with Crippen LogP contribution in [0.4, 0.5) is 5.69 Å². The third-order valence-corrected chi connectivity index (χ3v) is 2.89. The van der Waals surface area contributed by atoms with Crippen molar-refractivity contribution in [2.45, 2.75) is 33.2 Å². The predicted octanol–water partition coefficient (Wildman–Crippen LogP) is 2.48. The molecule has 0 spiro atoms. The molecular weight excluding hydrogens is 240 g/mol. The molecular formula is C14H18N4O. The molecule has 0 saturated heterocycles. The van der Waals surface area contributed by atoms with E-state index in [1.165, 1.54) is 0 Å². The van der Waals surface area contributed by atoms with Crippen LogP contribution < -0.4 is 5.32 Å². The Balaban J connectivity index is 1.97. The largest absolute Gasteiger partial charge is 0.325 e. The molecule has 0 bridgehead atoms. The van der Waals surface area contributed by atoms with Gasteiger partial charge < -0.3 is 5.32 Å². The van der Waals surface area contributed by atoms with E-state index < -0.39 is 0 Å². The first-order valence-electron chi connectivity index (χ1n) is 6.29. The fourth-order valence-electron chi connectivity index (χ4n) is 2.10. The maximum atomic E-state index is 11.9. The van der Waals surface area contributed by atoms with Gasteiger partial charge in [0.05, 0.1) is 23.6 Å². The van der Waals surface area contributed by atoms with E-state index in [2.05, 4.69) is 15.4 Å². The number of pyridine rings is 1. The normalized spacial score (nSPS) is 12.2. The predicted molar refractivity (Wildman–Crippen MR) is 73.9 cm³/mol. The molecule has 0 aromatic carbocycles. The van der Waals surface area contributed by atoms with Gasteiger partial charge in [-0.15, -0.1) is 0 Å². The quantitative estimate of drug-likeness (QED) is 0.916. The fourth-order valence-corrected chi connectivity index (χ4v) is 2.10. The van der Waals surface area contributed by atoms with Crippen molar-refractivity contribution in [3.63, 3.8) is 0 Å². The zero-order chi connectivity index (χ0) is 13.8. The SMILES string of the molecule is Cc1cc(C)n([C@H](C)CC(=O)Nc2cccnc2)n1. The third kappa shape index (κ3) is 3.40. The van der Waals surface area contributed by atoms with Gasteiger partial charge in [-0.25, -0.2) is 0 Å². The van der Waals surface area contributed by atoms with E-state index >= 15 is 0 Å². The van der Waals surface area contributed by atoms with E-state index in [-0.39, 0.29) is 11.9 Å². The molecule has 0 aliphatic carbocycles. The standard InChI is InChI=1S/C14H18N4O/c1-10-7-11(2)18(17-10)12(3)8-14(19)16-13-5-4-6-15-9-13/h4-7,9,12H,8H2,1-3H3,(H,16,19)/t12-/m1/s1. The molecule has 0 aliphatic rings. The second-order valence-electron chi connectivity index (χ2n) is 4.71. The summed E-state index contributed by atoms with van der Waals surface area (Å²) in [6.45, 7) is 5.93. The summed E-state index contributed by atoms with van der Waals surface area (Å²) < 4.78 is 1.89. The lowest BCUT2D eigenvalue weighted by Gasteiger charge is -2.14. The highest BCUT2D eigenvalue weighted by molar-refractivity contribution is 5.90. The molecule has 0 aliphatic heterocycles. The zero-order valence-electron chi connectivity index (χ0n) is 11.4. The summed E-state index contributed by atoms with van der Waals surface area (Å²) >= 11 is 0. The van der Waals surface area contributed by atoms with Gasteiger partial charge in [-0.1, -0.05) is 0 Å². The average molecular weight is 258 g/mol. The van der Waals surface area contributed by atoms with Crippen molar-refractivity contribution in [2.24, 2.45) is 0 Å². The molecule has 2 aromatic heterocycles. The van der Waals surface area contributed by atoms with Gasteiger partial charge in [-0.3, -0.25) is 14.5 Å². The minimum atomic E-state index is -0.0342. The number of rotatable bonds is 4. The van der Waals surface area contributed by atoms with Gasteiger partial charge in [0.2, 0.25) is 5.91 Å². The smallest absolute Gasteiger partial charge is 0.226 e. The Labute approximate surface area is 112 Å². The number of amides is 1. The molecule has 2 heterocycles. The van der Waals surface area contributed by atoms with Crippen LogP contribution in [0, 0.1) is 13.8 Å². The lowest BCUT2D eigenvalue weighted by molar-refractivity contribution is -0.116. The Bertz CT molecular complexity index is 562. The molecule has 5 heteroatoms. The summed E-state index contributed by atoms with van der Waals surface area (Å²) in [6, 6.07) is 5.65. The van der Waals surface area contributed by atoms with Crippen molar-refractivity contribution < 1.29 is 4.79 Å². The Kier molecular flexibility index (Phi) is 3.94. The van der Waals surface area contributed by atoms with Crippen molar-refractivity contribution in [1.82, 2.24) is 14.8 Å². The summed E-state index contributed by atoms with van der Waals surface area (Å²) in [6.07, 6.45) is 3.69. The van der Waals surface area contributed by atoms with Gasteiger partial charge >= 0.3 is 0 Å². The van der Waals surface area contributed by atoms with Crippen LogP contribution in [0.5, 0.6) is 0 Å². The van der Waals surface area contributed by atoms with E-state index in [0.717, 1.165) is 11.4 Å². The van der Waals surface area contributed by atoms with Crippen LogP contribution in [0.2, 0.25) is 0 Å². The molecule has 0 radical (unpaired) electrons. The average Bonchev–Trinajstić information content (AvgIpc) is 2.69. The van der Waals surface area contributed by atoms with Gasteiger partial charge in [0, 0.05) is 18.3 Å². The van der Waals surface area contributed by atoms with Crippen molar-refractivity contribution in [1.29, 1.82) is 0 Å². The van der Waals surface area contributed by atoms with Crippen LogP contribution in [0.15, 0.2) is 30.6 Å². The maximum absolute atomic E-state index is 11.9. The summed E-state index contributed by atoms with van der Waals surface area (Å²) in [5.74, 6) is -0.0342. The van der Waals surface area contributed by atoms with Crippen molar-refractivity contribution in [3.8, 4) is 0 Å². The van der Waals surface area contributed by atoms with E-state index in [1.807, 2.05) is 37.6 Å². The van der Waals surface area contributed by atoms with Crippen LogP contribution in [-0.2, 0) is 4.79 Å². The van der Waals surface area contributed by atoms with E-state index in [4.69, 9.17) is 0 Å². The number of carbonyl (C=O) groups excluding carboxylic acids is 1. The van der Waals surface area contributed by atoms with Crippen molar-refractivity contribution in [2.75, 3.05) is 5.32 Å². The minimum absolute atomic E-state index is 0.0328. The van der Waals surface area contributed by atoms with Gasteiger partial charge in [-0.2, -0.15) is 5.10 Å². The van der Waals surface area contributed by atoms with Crippen LogP contribution in [0.25, 0.3) is 0 Å². The number of hydrogen-bond donors (Lipinski definition) is 1. The number of nitrogens with one attached hydrogen (secondary N) is 1. The topological polar surface area (TPSA) is 59.8 Å². The first-order chi connectivity index (χ1) is 9.06. The monoisotopic (exact) mass is 258 g/mol. The highest BCUT2D eigenvalue weighted by atomic mass is 16.1. The van der Waals surface area contributed by atoms with E-state index in [9.17, 15) is 4.79 Å². The summed E-state index contributed by atoms with van der Waals surface area (Å²) in [4.78, 5) is 15.9. The number of hydrogen-bond acceptors (Lipinski definition) is 3. The number of aromatic nitrogens is 3. The zero-order valence-corrected chi connectivity index (χ0v) is 11.4. The second-order valence-corrected chi connectivity index (χ2v) is 4.71. The molecule has 1 amide bonds. The fraction of sp³-hybridized carbons (Fsp3) is 0.357. The number of nitrogens with zero attached hydrogens (tertiary/aromatic N) is 3. The Morgan fingerprint density at radius 2 is 2.26 bits per heavy atom. The molecule has 19 heavy (non-hydrogen) atoms. The third-order valence-electron chi connectivity index (χ3n) is 2.89. The number of carbonyl (C=O) groups is 1. The molecule has 5 nitrogen and oxygen atoms in total. The molecule has 0 saturated carbocycles. The highest BCUT2D eigenvalue weighted by Crippen LogP contribution is 2.15. The molecule has 1 atom stereocenters. The van der Waals surface area contributed by atoms with Gasteiger partial charge in [0.1, 0.15) is 0 Å². The molecule has 2 aromatic rings. The first kappa shape index (κ1) is 13.3. The van der Waals surface area contributed by atoms with Crippen molar-refractivity contribution >= 4 is 11.6 Å². The lowest BCUT2D eigenvalue weighted by atomic mass is 10.2. The highest BCUT2D eigenvalue weighted by Gasteiger charge is 2.14. The van der Waals surface area contributed by atoms with Gasteiger partial charge in [0.15, 0.2) is 0 Å². The van der Waals surface area contributed by atoms with Crippen LogP contribution in [0.1, 0.15) is 30.8 Å². The Morgan fingerprint density at radius 1 is 1.47 bits per heavy atom.